The van der Waals surface area contributed by atoms with Crippen LogP contribution in [0.5, 0.6) is 0 Å². The molecule has 0 spiro atoms. The van der Waals surface area contributed by atoms with Gasteiger partial charge in [0.05, 0.1) is 18.7 Å². The molecule has 150 valence electrons. The van der Waals surface area contributed by atoms with Crippen LogP contribution in [-0.4, -0.2) is 60.6 Å². The monoisotopic (exact) mass is 392 g/mol. The van der Waals surface area contributed by atoms with Crippen LogP contribution >= 0.6 is 0 Å². The largest absolute Gasteiger partial charge is 0.393 e. The SMILES string of the molecule is C[C@H]1CN(c2nccc(N3CCC(O)CC3)n2)Cc2nnc(-c3ccccn3)n21. The molecule has 2 aliphatic rings. The van der Waals surface area contributed by atoms with Gasteiger partial charge in [0, 0.05) is 32.0 Å². The van der Waals surface area contributed by atoms with Gasteiger partial charge in [0.15, 0.2) is 11.6 Å². The van der Waals surface area contributed by atoms with Crippen molar-refractivity contribution in [2.75, 3.05) is 29.4 Å². The molecule has 5 heterocycles. The molecule has 1 atom stereocenters. The fourth-order valence-electron chi connectivity index (χ4n) is 4.12. The summed E-state index contributed by atoms with van der Waals surface area (Å²) in [6, 6.07) is 7.93. The van der Waals surface area contributed by atoms with Crippen molar-refractivity contribution in [1.82, 2.24) is 29.7 Å². The number of aliphatic hydroxyl groups is 1. The Bertz CT molecular complexity index is 983. The summed E-state index contributed by atoms with van der Waals surface area (Å²) < 4.78 is 2.16. The van der Waals surface area contributed by atoms with E-state index in [1.807, 2.05) is 30.5 Å². The van der Waals surface area contributed by atoms with Gasteiger partial charge in [-0.1, -0.05) is 6.07 Å². The Morgan fingerprint density at radius 3 is 2.66 bits per heavy atom. The highest BCUT2D eigenvalue weighted by atomic mass is 16.3. The van der Waals surface area contributed by atoms with Crippen LogP contribution in [0.2, 0.25) is 0 Å². The van der Waals surface area contributed by atoms with E-state index in [2.05, 4.69) is 41.5 Å². The van der Waals surface area contributed by atoms with E-state index in [1.54, 1.807) is 6.20 Å². The molecular weight excluding hydrogens is 368 g/mol. The second-order valence-corrected chi connectivity index (χ2v) is 7.69. The van der Waals surface area contributed by atoms with Crippen LogP contribution in [0, 0.1) is 0 Å². The van der Waals surface area contributed by atoms with Crippen LogP contribution in [0.15, 0.2) is 36.7 Å². The molecule has 5 rings (SSSR count). The quantitative estimate of drug-likeness (QED) is 0.719. The lowest BCUT2D eigenvalue weighted by Gasteiger charge is -2.34. The van der Waals surface area contributed by atoms with Crippen LogP contribution in [0.3, 0.4) is 0 Å². The molecule has 0 bridgehead atoms. The molecule has 0 unspecified atom stereocenters. The molecular formula is C20H24N8O. The van der Waals surface area contributed by atoms with Crippen molar-refractivity contribution < 1.29 is 5.11 Å². The molecule has 9 nitrogen and oxygen atoms in total. The van der Waals surface area contributed by atoms with Crippen molar-refractivity contribution in [3.8, 4) is 11.5 Å². The molecule has 0 amide bonds. The Morgan fingerprint density at radius 2 is 1.86 bits per heavy atom. The number of aliphatic hydroxyl groups excluding tert-OH is 1. The summed E-state index contributed by atoms with van der Waals surface area (Å²) in [6.45, 7) is 5.16. The maximum absolute atomic E-state index is 9.75. The Hall–Kier alpha value is -3.07. The van der Waals surface area contributed by atoms with Gasteiger partial charge in [0.25, 0.3) is 0 Å². The van der Waals surface area contributed by atoms with E-state index in [9.17, 15) is 5.11 Å². The Labute approximate surface area is 169 Å². The topological polar surface area (TPSA) is 96.1 Å². The van der Waals surface area contributed by atoms with E-state index in [0.29, 0.717) is 12.5 Å². The van der Waals surface area contributed by atoms with Gasteiger partial charge in [-0.2, -0.15) is 4.98 Å². The van der Waals surface area contributed by atoms with Gasteiger partial charge in [-0.3, -0.25) is 4.98 Å². The summed E-state index contributed by atoms with van der Waals surface area (Å²) in [5, 5.41) is 18.6. The maximum atomic E-state index is 9.75. The maximum Gasteiger partial charge on any atom is 0.227 e. The van der Waals surface area contributed by atoms with Gasteiger partial charge in [-0.05, 0) is 38.0 Å². The minimum atomic E-state index is -0.199. The van der Waals surface area contributed by atoms with Crippen molar-refractivity contribution in [3.63, 3.8) is 0 Å². The molecule has 0 saturated carbocycles. The van der Waals surface area contributed by atoms with Crippen LogP contribution in [0.1, 0.15) is 31.6 Å². The summed E-state index contributed by atoms with van der Waals surface area (Å²) in [5.74, 6) is 3.30. The fourth-order valence-corrected chi connectivity index (χ4v) is 4.12. The number of piperidine rings is 1. The smallest absolute Gasteiger partial charge is 0.227 e. The third-order valence-corrected chi connectivity index (χ3v) is 5.62. The Balaban J connectivity index is 1.40. The first-order chi connectivity index (χ1) is 14.2. The third kappa shape index (κ3) is 3.42. The highest BCUT2D eigenvalue weighted by Gasteiger charge is 2.29. The zero-order chi connectivity index (χ0) is 19.8. The highest BCUT2D eigenvalue weighted by molar-refractivity contribution is 5.51. The number of fused-ring (bicyclic) bond motifs is 1. The van der Waals surface area contributed by atoms with Crippen LogP contribution in [0.4, 0.5) is 11.8 Å². The normalized spacial score (nSPS) is 20.0. The summed E-state index contributed by atoms with van der Waals surface area (Å²) in [4.78, 5) is 18.1. The molecule has 29 heavy (non-hydrogen) atoms. The zero-order valence-corrected chi connectivity index (χ0v) is 16.4. The van der Waals surface area contributed by atoms with Crippen molar-refractivity contribution >= 4 is 11.8 Å². The van der Waals surface area contributed by atoms with Gasteiger partial charge in [-0.15, -0.1) is 10.2 Å². The standard InChI is InChI=1S/C20H24N8O/c1-14-12-27(13-18-24-25-19(28(14)18)16-4-2-3-8-21-16)20-22-9-5-17(23-20)26-10-6-15(29)7-11-26/h2-5,8-9,14-15,29H,6-7,10-13H2,1H3/t14-/m0/s1. The van der Waals surface area contributed by atoms with Gasteiger partial charge >= 0.3 is 0 Å². The number of hydrogen-bond acceptors (Lipinski definition) is 8. The number of nitrogens with zero attached hydrogens (tertiary/aromatic N) is 8. The number of pyridine rings is 1. The van der Waals surface area contributed by atoms with Gasteiger partial charge in [0.1, 0.15) is 11.5 Å². The van der Waals surface area contributed by atoms with Crippen molar-refractivity contribution in [2.24, 2.45) is 0 Å². The lowest BCUT2D eigenvalue weighted by Crippen LogP contribution is -2.39. The van der Waals surface area contributed by atoms with E-state index in [4.69, 9.17) is 4.98 Å². The number of anilines is 2. The predicted molar refractivity (Wildman–Crippen MR) is 108 cm³/mol. The molecule has 1 saturated heterocycles. The van der Waals surface area contributed by atoms with Crippen LogP contribution in [-0.2, 0) is 6.54 Å². The molecule has 0 radical (unpaired) electrons. The molecule has 9 heteroatoms. The lowest BCUT2D eigenvalue weighted by atomic mass is 10.1. The van der Waals surface area contributed by atoms with E-state index in [1.165, 1.54) is 0 Å². The first kappa shape index (κ1) is 18.0. The first-order valence-electron chi connectivity index (χ1n) is 10.1. The molecule has 0 aliphatic carbocycles. The first-order valence-corrected chi connectivity index (χ1v) is 10.1. The second kappa shape index (κ2) is 7.40. The average Bonchev–Trinajstić information content (AvgIpc) is 3.20. The van der Waals surface area contributed by atoms with E-state index < -0.39 is 0 Å². The molecule has 0 aromatic carbocycles. The third-order valence-electron chi connectivity index (χ3n) is 5.62. The molecule has 3 aromatic rings. The summed E-state index contributed by atoms with van der Waals surface area (Å²) >= 11 is 0. The Kier molecular flexibility index (Phi) is 4.59. The van der Waals surface area contributed by atoms with E-state index in [0.717, 1.165) is 55.6 Å². The summed E-state index contributed by atoms with van der Waals surface area (Å²) in [6.07, 6.45) is 4.94. The average molecular weight is 392 g/mol. The zero-order valence-electron chi connectivity index (χ0n) is 16.4. The molecule has 1 fully saturated rings. The van der Waals surface area contributed by atoms with Gasteiger partial charge < -0.3 is 19.5 Å². The summed E-state index contributed by atoms with van der Waals surface area (Å²) in [7, 11) is 0. The highest BCUT2D eigenvalue weighted by Crippen LogP contribution is 2.29. The minimum absolute atomic E-state index is 0.170. The van der Waals surface area contributed by atoms with Crippen LogP contribution in [0.25, 0.3) is 11.5 Å². The molecule has 1 N–H and O–H groups in total. The second-order valence-electron chi connectivity index (χ2n) is 7.69. The number of hydrogen-bond donors (Lipinski definition) is 1. The van der Waals surface area contributed by atoms with Gasteiger partial charge in [-0.25, -0.2) is 4.98 Å². The van der Waals surface area contributed by atoms with Crippen LogP contribution < -0.4 is 9.80 Å². The van der Waals surface area contributed by atoms with Crippen molar-refractivity contribution in [2.45, 2.75) is 38.5 Å². The van der Waals surface area contributed by atoms with Crippen molar-refractivity contribution in [3.05, 3.63) is 42.5 Å². The minimum Gasteiger partial charge on any atom is -0.393 e. The predicted octanol–water partition coefficient (Wildman–Crippen LogP) is 1.67. The van der Waals surface area contributed by atoms with Gasteiger partial charge in [0.2, 0.25) is 5.95 Å². The lowest BCUT2D eigenvalue weighted by molar-refractivity contribution is 0.145. The Morgan fingerprint density at radius 1 is 1.00 bits per heavy atom. The number of aromatic nitrogens is 6. The van der Waals surface area contributed by atoms with E-state index in [-0.39, 0.29) is 12.1 Å². The molecule has 3 aromatic heterocycles. The number of rotatable bonds is 3. The van der Waals surface area contributed by atoms with Crippen molar-refractivity contribution in [1.29, 1.82) is 0 Å². The fraction of sp³-hybridized carbons (Fsp3) is 0.450. The van der Waals surface area contributed by atoms with E-state index >= 15 is 0 Å². The summed E-state index contributed by atoms with van der Waals surface area (Å²) in [5.41, 5.74) is 0.831. The molecule has 2 aliphatic heterocycles.